The third-order valence-electron chi connectivity index (χ3n) is 4.84. The monoisotopic (exact) mass is 528 g/mol. The molecule has 2 atom stereocenters. The molecular formula is C22H23BrCl2N2O2S. The summed E-state index contributed by atoms with van der Waals surface area (Å²) in [6, 6.07) is 16.3. The Morgan fingerprint density at radius 1 is 1.23 bits per heavy atom. The van der Waals surface area contributed by atoms with Gasteiger partial charge in [-0.25, -0.2) is 4.98 Å². The summed E-state index contributed by atoms with van der Waals surface area (Å²) in [6.45, 7) is 1.22. The number of hydrogen-bond donors (Lipinski definition) is 0. The lowest BCUT2D eigenvalue weighted by atomic mass is 10.0. The maximum absolute atomic E-state index is 6.49. The van der Waals surface area contributed by atoms with E-state index in [1.807, 2.05) is 35.0 Å². The summed E-state index contributed by atoms with van der Waals surface area (Å²) in [6.07, 6.45) is 7.21. The largest absolute Gasteiger partial charge is 0.345 e. The van der Waals surface area contributed by atoms with Gasteiger partial charge in [-0.05, 0) is 42.3 Å². The maximum atomic E-state index is 6.49. The lowest BCUT2D eigenvalue weighted by molar-refractivity contribution is -0.180. The van der Waals surface area contributed by atoms with E-state index in [-0.39, 0.29) is 18.5 Å². The second kappa shape index (κ2) is 11.0. The van der Waals surface area contributed by atoms with Crippen molar-refractivity contribution in [3.63, 3.8) is 0 Å². The molecule has 0 bridgehead atoms. The molecule has 0 N–H and O–H groups in total. The molecule has 0 amide bonds. The van der Waals surface area contributed by atoms with Gasteiger partial charge in [0.05, 0.1) is 25.6 Å². The summed E-state index contributed by atoms with van der Waals surface area (Å²) < 4.78 is 15.9. The summed E-state index contributed by atoms with van der Waals surface area (Å²) in [5, 5.41) is 0.750. The molecule has 30 heavy (non-hydrogen) atoms. The Kier molecular flexibility index (Phi) is 8.69. The third kappa shape index (κ3) is 6.49. The van der Waals surface area contributed by atoms with Crippen molar-refractivity contribution in [3.05, 3.63) is 82.3 Å². The van der Waals surface area contributed by atoms with Crippen LogP contribution in [-0.2, 0) is 22.4 Å². The predicted molar refractivity (Wildman–Crippen MR) is 128 cm³/mol. The highest BCUT2D eigenvalue weighted by molar-refractivity contribution is 9.10. The third-order valence-corrected chi connectivity index (χ3v) is 6.71. The van der Waals surface area contributed by atoms with Gasteiger partial charge in [0.1, 0.15) is 0 Å². The van der Waals surface area contributed by atoms with Crippen LogP contribution in [0.1, 0.15) is 12.0 Å². The molecule has 0 radical (unpaired) electrons. The van der Waals surface area contributed by atoms with Crippen molar-refractivity contribution < 1.29 is 9.47 Å². The number of nitrogens with zero attached hydrogens (tertiary/aromatic N) is 2. The Bertz CT molecular complexity index is 927. The van der Waals surface area contributed by atoms with Crippen LogP contribution < -0.4 is 0 Å². The van der Waals surface area contributed by atoms with Crippen LogP contribution in [0.2, 0.25) is 5.02 Å². The van der Waals surface area contributed by atoms with Crippen molar-refractivity contribution in [1.82, 2.24) is 9.55 Å². The molecule has 0 saturated carbocycles. The molecule has 1 saturated heterocycles. The Hall–Kier alpha value is -1.02. The van der Waals surface area contributed by atoms with E-state index in [0.29, 0.717) is 13.2 Å². The van der Waals surface area contributed by atoms with Gasteiger partial charge in [-0.15, -0.1) is 24.2 Å². The zero-order valence-electron chi connectivity index (χ0n) is 16.2. The molecular weight excluding hydrogens is 507 g/mol. The van der Waals surface area contributed by atoms with E-state index in [4.69, 9.17) is 21.1 Å². The van der Waals surface area contributed by atoms with Gasteiger partial charge in [0.2, 0.25) is 0 Å². The van der Waals surface area contributed by atoms with E-state index in [9.17, 15) is 0 Å². The SMILES string of the molecule is Cl.Clc1ccc(CC[C@@]2(Cn3ccnc3)OC[C@@H](CSc3cccc(Br)c3)O2)cc1. The summed E-state index contributed by atoms with van der Waals surface area (Å²) in [7, 11) is 0. The number of ether oxygens (including phenoxy) is 2. The maximum Gasteiger partial charge on any atom is 0.187 e. The van der Waals surface area contributed by atoms with Crippen LogP contribution in [0.3, 0.4) is 0 Å². The van der Waals surface area contributed by atoms with Gasteiger partial charge in [0.25, 0.3) is 0 Å². The first-order chi connectivity index (χ1) is 14.1. The van der Waals surface area contributed by atoms with E-state index in [1.54, 1.807) is 24.3 Å². The molecule has 1 aliphatic heterocycles. The number of aromatic nitrogens is 2. The first-order valence-corrected chi connectivity index (χ1v) is 11.7. The van der Waals surface area contributed by atoms with Crippen molar-refractivity contribution in [1.29, 1.82) is 0 Å². The molecule has 0 unspecified atom stereocenters. The van der Waals surface area contributed by atoms with Gasteiger partial charge in [-0.1, -0.05) is 45.7 Å². The number of rotatable bonds is 8. The summed E-state index contributed by atoms with van der Waals surface area (Å²) in [5.41, 5.74) is 1.22. The van der Waals surface area contributed by atoms with Gasteiger partial charge < -0.3 is 14.0 Å². The second-order valence-electron chi connectivity index (χ2n) is 7.09. The zero-order valence-corrected chi connectivity index (χ0v) is 20.2. The van der Waals surface area contributed by atoms with Crippen LogP contribution in [0, 0.1) is 0 Å². The molecule has 3 aromatic rings. The minimum atomic E-state index is -0.650. The van der Waals surface area contributed by atoms with Gasteiger partial charge >= 0.3 is 0 Å². The normalized spacial score (nSPS) is 20.8. The fraction of sp³-hybridized carbons (Fsp3) is 0.318. The molecule has 0 aliphatic carbocycles. The second-order valence-corrected chi connectivity index (χ2v) is 9.54. The number of benzene rings is 2. The Morgan fingerprint density at radius 2 is 2.07 bits per heavy atom. The molecule has 4 nitrogen and oxygen atoms in total. The number of halogens is 3. The van der Waals surface area contributed by atoms with Gasteiger partial charge in [-0.2, -0.15) is 0 Å². The van der Waals surface area contributed by atoms with Crippen molar-refractivity contribution >= 4 is 51.7 Å². The molecule has 4 rings (SSSR count). The van der Waals surface area contributed by atoms with Crippen LogP contribution >= 0.6 is 51.7 Å². The van der Waals surface area contributed by atoms with Crippen LogP contribution in [0.5, 0.6) is 0 Å². The molecule has 1 aromatic heterocycles. The van der Waals surface area contributed by atoms with Crippen LogP contribution in [-0.4, -0.2) is 33.8 Å². The van der Waals surface area contributed by atoms with Gasteiger partial charge in [-0.3, -0.25) is 0 Å². The number of aryl methyl sites for hydroxylation is 1. The zero-order chi connectivity index (χ0) is 20.1. The van der Waals surface area contributed by atoms with Crippen molar-refractivity contribution in [2.45, 2.75) is 36.2 Å². The quantitative estimate of drug-likeness (QED) is 0.323. The first-order valence-electron chi connectivity index (χ1n) is 9.51. The lowest BCUT2D eigenvalue weighted by Crippen LogP contribution is -2.37. The fourth-order valence-electron chi connectivity index (χ4n) is 3.38. The number of thioether (sulfide) groups is 1. The highest BCUT2D eigenvalue weighted by Crippen LogP contribution is 2.33. The number of hydrogen-bond acceptors (Lipinski definition) is 4. The Balaban J connectivity index is 0.00000256. The highest BCUT2D eigenvalue weighted by Gasteiger charge is 2.41. The van der Waals surface area contributed by atoms with Crippen molar-refractivity contribution in [3.8, 4) is 0 Å². The molecule has 1 aliphatic rings. The number of imidazole rings is 1. The molecule has 2 aromatic carbocycles. The van der Waals surface area contributed by atoms with E-state index < -0.39 is 5.79 Å². The minimum absolute atomic E-state index is 0. The standard InChI is InChI=1S/C22H22BrClN2O2S.ClH/c23-18-2-1-3-21(12-18)29-14-20-13-27-22(28-20,15-26-11-10-25-16-26)9-8-17-4-6-19(24)7-5-17;/h1-7,10-12,16,20H,8-9,13-15H2;1H/t20-,22+;/m0./s1. The smallest absolute Gasteiger partial charge is 0.187 e. The van der Waals surface area contributed by atoms with Crippen molar-refractivity contribution in [2.75, 3.05) is 12.4 Å². The summed E-state index contributed by atoms with van der Waals surface area (Å²) >= 11 is 11.3. The van der Waals surface area contributed by atoms with E-state index >= 15 is 0 Å². The van der Waals surface area contributed by atoms with Gasteiger partial charge in [0.15, 0.2) is 5.79 Å². The molecule has 1 fully saturated rings. The van der Waals surface area contributed by atoms with Crippen LogP contribution in [0.15, 0.2) is 76.6 Å². The Labute approximate surface area is 200 Å². The summed E-state index contributed by atoms with van der Waals surface area (Å²) in [5.74, 6) is 0.200. The minimum Gasteiger partial charge on any atom is -0.345 e. The van der Waals surface area contributed by atoms with E-state index in [0.717, 1.165) is 28.1 Å². The first kappa shape index (κ1) is 23.6. The van der Waals surface area contributed by atoms with Crippen molar-refractivity contribution in [2.24, 2.45) is 0 Å². The summed E-state index contributed by atoms with van der Waals surface area (Å²) in [4.78, 5) is 5.37. The Morgan fingerprint density at radius 3 is 2.80 bits per heavy atom. The lowest BCUT2D eigenvalue weighted by Gasteiger charge is -2.28. The molecule has 2 heterocycles. The van der Waals surface area contributed by atoms with Gasteiger partial charge in [0, 0.05) is 39.0 Å². The van der Waals surface area contributed by atoms with Crippen LogP contribution in [0.4, 0.5) is 0 Å². The average Bonchev–Trinajstić information content (AvgIpc) is 3.37. The topological polar surface area (TPSA) is 36.3 Å². The predicted octanol–water partition coefficient (Wildman–Crippen LogP) is 6.26. The van der Waals surface area contributed by atoms with Crippen LogP contribution in [0.25, 0.3) is 0 Å². The molecule has 160 valence electrons. The highest BCUT2D eigenvalue weighted by atomic mass is 79.9. The van der Waals surface area contributed by atoms with E-state index in [1.165, 1.54) is 10.5 Å². The average molecular weight is 530 g/mol. The fourth-order valence-corrected chi connectivity index (χ4v) is 4.99. The molecule has 8 heteroatoms. The molecule has 0 spiro atoms. The van der Waals surface area contributed by atoms with E-state index in [2.05, 4.69) is 45.2 Å².